The van der Waals surface area contributed by atoms with Gasteiger partial charge in [-0.1, -0.05) is 57.7 Å². The molecule has 1 aliphatic heterocycles. The fourth-order valence-electron chi connectivity index (χ4n) is 4.49. The lowest BCUT2D eigenvalue weighted by Crippen LogP contribution is -2.49. The highest BCUT2D eigenvalue weighted by molar-refractivity contribution is 7.99. The second-order valence-electron chi connectivity index (χ2n) is 9.84. The first kappa shape index (κ1) is 26.4. The number of carbonyl (C=O) groups is 1. The van der Waals surface area contributed by atoms with Crippen molar-refractivity contribution in [1.29, 1.82) is 0 Å². The topological polar surface area (TPSA) is 86.5 Å². The average molecular weight is 511 g/mol. The normalized spacial score (nSPS) is 15.2. The number of carbonyl (C=O) groups excluding carboxylic acids is 1. The molecule has 2 aromatic heterocycles. The lowest BCUT2D eigenvalue weighted by atomic mass is 9.93. The fraction of sp³-hybridized carbons (Fsp3) is 0.519. The molecule has 2 N–H and O–H groups in total. The molecule has 3 heterocycles. The third-order valence-electron chi connectivity index (χ3n) is 6.57. The van der Waals surface area contributed by atoms with Crippen LogP contribution in [-0.4, -0.2) is 77.4 Å². The number of anilines is 1. The van der Waals surface area contributed by atoms with Gasteiger partial charge in [-0.3, -0.25) is 9.80 Å². The Labute approximate surface area is 218 Å². The number of nitrogens with one attached hydrogen (secondary N) is 2. The van der Waals surface area contributed by atoms with E-state index in [0.29, 0.717) is 29.3 Å². The zero-order chi connectivity index (χ0) is 25.5. The van der Waals surface area contributed by atoms with Gasteiger partial charge in [0.1, 0.15) is 0 Å². The fourth-order valence-corrected chi connectivity index (χ4v) is 5.31. The predicted octanol–water partition coefficient (Wildman–Crippen LogP) is 5.00. The molecule has 1 saturated heterocycles. The molecule has 1 aromatic carbocycles. The van der Waals surface area contributed by atoms with Crippen LogP contribution < -0.4 is 10.6 Å². The Morgan fingerprint density at radius 2 is 1.67 bits per heavy atom. The van der Waals surface area contributed by atoms with E-state index in [1.807, 2.05) is 12.1 Å². The molecule has 0 atom stereocenters. The number of thioether (sulfide) groups is 1. The number of nitrogens with zero attached hydrogens (tertiary/aromatic N) is 4. The average Bonchev–Trinajstić information content (AvgIpc) is 3.27. The highest BCUT2D eigenvalue weighted by Crippen LogP contribution is 2.32. The molecule has 36 heavy (non-hydrogen) atoms. The van der Waals surface area contributed by atoms with Crippen LogP contribution in [-0.2, 0) is 0 Å². The molecular formula is C27H38N6O2S. The van der Waals surface area contributed by atoms with Gasteiger partial charge in [-0.05, 0) is 35.1 Å². The monoisotopic (exact) mass is 510 g/mol. The quantitative estimate of drug-likeness (QED) is 0.371. The predicted molar refractivity (Wildman–Crippen MR) is 147 cm³/mol. The molecule has 0 bridgehead atoms. The lowest BCUT2D eigenvalue weighted by Gasteiger charge is -2.34. The van der Waals surface area contributed by atoms with Gasteiger partial charge in [0.15, 0.2) is 11.2 Å². The van der Waals surface area contributed by atoms with Gasteiger partial charge >= 0.3 is 6.03 Å². The van der Waals surface area contributed by atoms with Gasteiger partial charge in [0.25, 0.3) is 5.22 Å². The lowest BCUT2D eigenvalue weighted by molar-refractivity contribution is 0.139. The molecule has 4 rings (SSSR count). The standard InChI is InChI=1S/C27H38N6O2S/c1-19(2)21-7-5-8-22(20(3)4)24(21)30-26(34)29-11-12-32-13-15-33(16-14-32)17-18-36-27-31-25-23(35-27)9-6-10-28-25/h5-10,19-20H,11-18H2,1-4H3,(H2,29,30,34). The summed E-state index contributed by atoms with van der Waals surface area (Å²) >= 11 is 1.64. The first-order valence-electron chi connectivity index (χ1n) is 12.9. The minimum absolute atomic E-state index is 0.130. The van der Waals surface area contributed by atoms with Gasteiger partial charge in [-0.25, -0.2) is 9.78 Å². The highest BCUT2D eigenvalue weighted by Gasteiger charge is 2.18. The molecule has 1 fully saturated rings. The van der Waals surface area contributed by atoms with Crippen molar-refractivity contribution in [3.63, 3.8) is 0 Å². The summed E-state index contributed by atoms with van der Waals surface area (Å²) in [6.45, 7) is 15.2. The summed E-state index contributed by atoms with van der Waals surface area (Å²) in [6.07, 6.45) is 1.73. The summed E-state index contributed by atoms with van der Waals surface area (Å²) in [5.74, 6) is 1.63. The van der Waals surface area contributed by atoms with E-state index < -0.39 is 0 Å². The third kappa shape index (κ3) is 6.99. The number of para-hydroxylation sites is 1. The van der Waals surface area contributed by atoms with Crippen LogP contribution in [0.5, 0.6) is 0 Å². The van der Waals surface area contributed by atoms with Gasteiger partial charge in [0, 0.05) is 63.5 Å². The van der Waals surface area contributed by atoms with Gasteiger partial charge in [-0.15, -0.1) is 0 Å². The van der Waals surface area contributed by atoms with E-state index in [9.17, 15) is 4.79 Å². The molecule has 0 radical (unpaired) electrons. The molecule has 0 aliphatic carbocycles. The largest absolute Gasteiger partial charge is 0.430 e. The number of fused-ring (bicyclic) bond motifs is 1. The summed E-state index contributed by atoms with van der Waals surface area (Å²) < 4.78 is 5.73. The van der Waals surface area contributed by atoms with E-state index in [0.717, 1.165) is 56.3 Å². The van der Waals surface area contributed by atoms with Gasteiger partial charge in [0.05, 0.1) is 0 Å². The Kier molecular flexibility index (Phi) is 9.23. The van der Waals surface area contributed by atoms with Gasteiger partial charge in [-0.2, -0.15) is 4.98 Å². The summed E-state index contributed by atoms with van der Waals surface area (Å²) in [7, 11) is 0. The zero-order valence-electron chi connectivity index (χ0n) is 21.8. The first-order valence-corrected chi connectivity index (χ1v) is 13.9. The number of aromatic nitrogens is 2. The van der Waals surface area contributed by atoms with E-state index in [1.165, 1.54) is 11.1 Å². The first-order chi connectivity index (χ1) is 17.4. The highest BCUT2D eigenvalue weighted by atomic mass is 32.2. The second kappa shape index (κ2) is 12.6. The van der Waals surface area contributed by atoms with Crippen LogP contribution in [0.25, 0.3) is 11.2 Å². The van der Waals surface area contributed by atoms with Crippen molar-refractivity contribution in [1.82, 2.24) is 25.1 Å². The molecule has 9 heteroatoms. The number of urea groups is 1. The number of benzene rings is 1. The zero-order valence-corrected chi connectivity index (χ0v) is 22.6. The van der Waals surface area contributed by atoms with Crippen molar-refractivity contribution in [3.8, 4) is 0 Å². The van der Waals surface area contributed by atoms with Gasteiger partial charge < -0.3 is 15.1 Å². The molecule has 0 saturated carbocycles. The number of hydrogen-bond donors (Lipinski definition) is 2. The number of pyridine rings is 1. The minimum atomic E-state index is -0.130. The summed E-state index contributed by atoms with van der Waals surface area (Å²) in [4.78, 5) is 26.2. The Morgan fingerprint density at radius 1 is 1.00 bits per heavy atom. The Hall–Kier alpha value is -2.62. The van der Waals surface area contributed by atoms with Crippen molar-refractivity contribution in [2.45, 2.75) is 44.8 Å². The van der Waals surface area contributed by atoms with Crippen LogP contribution in [0.1, 0.15) is 50.7 Å². The summed E-state index contributed by atoms with van der Waals surface area (Å²) in [5, 5.41) is 6.87. The van der Waals surface area contributed by atoms with Crippen LogP contribution in [0.15, 0.2) is 46.2 Å². The van der Waals surface area contributed by atoms with Crippen molar-refractivity contribution in [3.05, 3.63) is 47.7 Å². The Bertz CT molecular complexity index is 1080. The smallest absolute Gasteiger partial charge is 0.319 e. The van der Waals surface area contributed by atoms with Crippen LogP contribution in [0.4, 0.5) is 10.5 Å². The molecule has 0 spiro atoms. The van der Waals surface area contributed by atoms with Crippen molar-refractivity contribution in [2.24, 2.45) is 0 Å². The maximum absolute atomic E-state index is 12.7. The SMILES string of the molecule is CC(C)c1cccc(C(C)C)c1NC(=O)NCCN1CCN(CCSc2nc3ncccc3o2)CC1. The molecule has 0 unspecified atom stereocenters. The second-order valence-corrected chi connectivity index (χ2v) is 10.9. The van der Waals surface area contributed by atoms with Crippen LogP contribution in [0, 0.1) is 0 Å². The Balaban J connectivity index is 1.15. The van der Waals surface area contributed by atoms with E-state index in [2.05, 4.69) is 76.3 Å². The molecule has 1 aliphatic rings. The van der Waals surface area contributed by atoms with Crippen LogP contribution in [0.2, 0.25) is 0 Å². The van der Waals surface area contributed by atoms with Gasteiger partial charge in [0.2, 0.25) is 0 Å². The van der Waals surface area contributed by atoms with Crippen LogP contribution in [0.3, 0.4) is 0 Å². The van der Waals surface area contributed by atoms with Crippen LogP contribution >= 0.6 is 11.8 Å². The molecule has 3 aromatic rings. The minimum Gasteiger partial charge on any atom is -0.430 e. The number of rotatable bonds is 10. The molecular weight excluding hydrogens is 472 g/mol. The van der Waals surface area contributed by atoms with E-state index in [-0.39, 0.29) is 6.03 Å². The maximum Gasteiger partial charge on any atom is 0.319 e. The maximum atomic E-state index is 12.7. The number of hydrogen-bond acceptors (Lipinski definition) is 7. The van der Waals surface area contributed by atoms with E-state index in [4.69, 9.17) is 4.42 Å². The number of piperazine rings is 1. The molecule has 8 nitrogen and oxygen atoms in total. The molecule has 2 amide bonds. The summed E-state index contributed by atoms with van der Waals surface area (Å²) in [5.41, 5.74) is 4.72. The Morgan fingerprint density at radius 3 is 2.31 bits per heavy atom. The van der Waals surface area contributed by atoms with Crippen molar-refractivity contribution >= 4 is 34.7 Å². The number of oxazole rings is 1. The third-order valence-corrected chi connectivity index (χ3v) is 7.38. The van der Waals surface area contributed by atoms with E-state index in [1.54, 1.807) is 18.0 Å². The number of amides is 2. The molecule has 194 valence electrons. The van der Waals surface area contributed by atoms with E-state index >= 15 is 0 Å². The summed E-state index contributed by atoms with van der Waals surface area (Å²) in [6, 6.07) is 9.92. The van der Waals surface area contributed by atoms with Crippen molar-refractivity contribution < 1.29 is 9.21 Å². The van der Waals surface area contributed by atoms with Crippen molar-refractivity contribution in [2.75, 3.05) is 56.9 Å².